The van der Waals surface area contributed by atoms with Crippen LogP contribution in [0.4, 0.5) is 5.69 Å². The molecule has 0 atom stereocenters. The van der Waals surface area contributed by atoms with Crippen LogP contribution in [0.1, 0.15) is 16.7 Å². The molecule has 0 bridgehead atoms. The van der Waals surface area contributed by atoms with Crippen LogP contribution < -0.4 is 0 Å². The highest BCUT2D eigenvalue weighted by molar-refractivity contribution is 6.05. The normalized spacial score (nSPS) is 15.4. The molecule has 114 valence electrons. The van der Waals surface area contributed by atoms with Crippen molar-refractivity contribution in [3.8, 4) is 0 Å². The predicted octanol–water partition coefficient (Wildman–Crippen LogP) is 3.88. The quantitative estimate of drug-likeness (QED) is 0.373. The van der Waals surface area contributed by atoms with Gasteiger partial charge in [-0.2, -0.15) is 0 Å². The van der Waals surface area contributed by atoms with Crippen molar-refractivity contribution in [2.24, 2.45) is 0 Å². The number of nitro benzene ring substituents is 1. The lowest BCUT2D eigenvalue weighted by molar-refractivity contribution is -0.384. The van der Waals surface area contributed by atoms with Crippen molar-refractivity contribution < 1.29 is 14.5 Å². The Kier molecular flexibility index (Phi) is 3.76. The van der Waals surface area contributed by atoms with Crippen molar-refractivity contribution in [3.05, 3.63) is 87.0 Å². The van der Waals surface area contributed by atoms with Gasteiger partial charge < -0.3 is 4.74 Å². The molecule has 0 aromatic heterocycles. The van der Waals surface area contributed by atoms with Gasteiger partial charge >= 0.3 is 5.97 Å². The molecule has 1 aliphatic rings. The summed E-state index contributed by atoms with van der Waals surface area (Å²) in [7, 11) is 0. The zero-order valence-electron chi connectivity index (χ0n) is 12.4. The van der Waals surface area contributed by atoms with Crippen LogP contribution in [0, 0.1) is 17.0 Å². The van der Waals surface area contributed by atoms with Crippen LogP contribution in [0.5, 0.6) is 0 Å². The third-order valence-electron chi connectivity index (χ3n) is 3.46. The summed E-state index contributed by atoms with van der Waals surface area (Å²) < 4.78 is 5.27. The molecule has 0 saturated carbocycles. The Balaban J connectivity index is 1.93. The van der Waals surface area contributed by atoms with Crippen LogP contribution in [0.3, 0.4) is 0 Å². The van der Waals surface area contributed by atoms with E-state index in [1.165, 1.54) is 12.1 Å². The number of hydrogen-bond donors (Lipinski definition) is 0. The molecule has 2 aromatic rings. The predicted molar refractivity (Wildman–Crippen MR) is 86.3 cm³/mol. The van der Waals surface area contributed by atoms with E-state index in [-0.39, 0.29) is 5.69 Å². The molecular formula is C18H13NO4. The van der Waals surface area contributed by atoms with E-state index in [4.69, 9.17) is 4.74 Å². The number of benzene rings is 2. The minimum absolute atomic E-state index is 0.0200. The highest BCUT2D eigenvalue weighted by Gasteiger charge is 2.22. The fraction of sp³-hybridized carbons (Fsp3) is 0.0556. The Morgan fingerprint density at radius 1 is 1.13 bits per heavy atom. The monoisotopic (exact) mass is 307 g/mol. The van der Waals surface area contributed by atoms with Gasteiger partial charge in [0.15, 0.2) is 0 Å². The van der Waals surface area contributed by atoms with E-state index in [2.05, 4.69) is 0 Å². The second-order valence-electron chi connectivity index (χ2n) is 5.22. The molecule has 5 heteroatoms. The SMILES string of the molecule is Cc1ccc(C2=C/C(=C/c3cccc([N+](=O)[O-])c3)C(=O)O2)cc1. The van der Waals surface area contributed by atoms with E-state index in [0.29, 0.717) is 16.9 Å². The van der Waals surface area contributed by atoms with Gasteiger partial charge in [0.25, 0.3) is 5.69 Å². The maximum absolute atomic E-state index is 12.0. The number of nitrogens with zero attached hydrogens (tertiary/aromatic N) is 1. The van der Waals surface area contributed by atoms with E-state index >= 15 is 0 Å². The van der Waals surface area contributed by atoms with E-state index in [9.17, 15) is 14.9 Å². The fourth-order valence-corrected chi connectivity index (χ4v) is 2.26. The smallest absolute Gasteiger partial charge is 0.343 e. The number of hydrogen-bond acceptors (Lipinski definition) is 4. The van der Waals surface area contributed by atoms with Crippen molar-refractivity contribution in [1.82, 2.24) is 0 Å². The van der Waals surface area contributed by atoms with Gasteiger partial charge in [0, 0.05) is 17.7 Å². The van der Waals surface area contributed by atoms with Crippen molar-refractivity contribution >= 4 is 23.5 Å². The summed E-state index contributed by atoms with van der Waals surface area (Å²) in [5.74, 6) is 0.0127. The largest absolute Gasteiger partial charge is 0.422 e. The van der Waals surface area contributed by atoms with Crippen LogP contribution in [0.25, 0.3) is 11.8 Å². The van der Waals surface area contributed by atoms with Crippen LogP contribution in [-0.2, 0) is 9.53 Å². The van der Waals surface area contributed by atoms with Gasteiger partial charge in [0.2, 0.25) is 0 Å². The first-order chi connectivity index (χ1) is 11.0. The average molecular weight is 307 g/mol. The summed E-state index contributed by atoms with van der Waals surface area (Å²) in [6.07, 6.45) is 3.22. The minimum atomic E-state index is -0.470. The lowest BCUT2D eigenvalue weighted by Crippen LogP contribution is -1.97. The number of rotatable bonds is 3. The second kappa shape index (κ2) is 5.88. The van der Waals surface area contributed by atoms with Gasteiger partial charge in [0.05, 0.1) is 10.5 Å². The number of carbonyl (C=O) groups excluding carboxylic acids is 1. The Hall–Kier alpha value is -3.21. The van der Waals surface area contributed by atoms with Crippen LogP contribution >= 0.6 is 0 Å². The van der Waals surface area contributed by atoms with Crippen molar-refractivity contribution in [3.63, 3.8) is 0 Å². The summed E-state index contributed by atoms with van der Waals surface area (Å²) in [6.45, 7) is 1.98. The average Bonchev–Trinajstić information content (AvgIpc) is 2.89. The molecule has 5 nitrogen and oxygen atoms in total. The number of ether oxygens (including phenoxy) is 1. The molecule has 0 amide bonds. The highest BCUT2D eigenvalue weighted by atomic mass is 16.6. The first kappa shape index (κ1) is 14.7. The number of nitro groups is 1. The molecule has 0 spiro atoms. The Bertz CT molecular complexity index is 848. The Labute approximate surface area is 132 Å². The molecule has 0 unspecified atom stereocenters. The van der Waals surface area contributed by atoms with Crippen molar-refractivity contribution in [1.29, 1.82) is 0 Å². The third-order valence-corrected chi connectivity index (χ3v) is 3.46. The lowest BCUT2D eigenvalue weighted by atomic mass is 10.1. The summed E-state index contributed by atoms with van der Waals surface area (Å²) in [4.78, 5) is 22.3. The molecule has 2 aromatic carbocycles. The van der Waals surface area contributed by atoms with E-state index < -0.39 is 10.9 Å². The van der Waals surface area contributed by atoms with E-state index in [1.807, 2.05) is 31.2 Å². The molecular weight excluding hydrogens is 294 g/mol. The highest BCUT2D eigenvalue weighted by Crippen LogP contribution is 2.28. The van der Waals surface area contributed by atoms with E-state index in [0.717, 1.165) is 11.1 Å². The molecule has 0 N–H and O–H groups in total. The summed E-state index contributed by atoms with van der Waals surface area (Å²) >= 11 is 0. The van der Waals surface area contributed by atoms with Crippen LogP contribution in [-0.4, -0.2) is 10.9 Å². The first-order valence-electron chi connectivity index (χ1n) is 7.00. The molecule has 0 aliphatic carbocycles. The second-order valence-corrected chi connectivity index (χ2v) is 5.22. The van der Waals surface area contributed by atoms with Crippen molar-refractivity contribution in [2.45, 2.75) is 6.92 Å². The summed E-state index contributed by atoms with van der Waals surface area (Å²) in [6, 6.07) is 13.7. The minimum Gasteiger partial charge on any atom is -0.422 e. The maximum Gasteiger partial charge on any atom is 0.343 e. The van der Waals surface area contributed by atoms with Gasteiger partial charge in [-0.25, -0.2) is 4.79 Å². The molecule has 1 heterocycles. The number of carbonyl (C=O) groups is 1. The van der Waals surface area contributed by atoms with E-state index in [1.54, 1.807) is 24.3 Å². The van der Waals surface area contributed by atoms with Gasteiger partial charge in [-0.1, -0.05) is 42.0 Å². The molecule has 0 saturated heterocycles. The zero-order valence-corrected chi connectivity index (χ0v) is 12.4. The Morgan fingerprint density at radius 3 is 2.57 bits per heavy atom. The molecule has 23 heavy (non-hydrogen) atoms. The number of esters is 1. The number of cyclic esters (lactones) is 1. The van der Waals surface area contributed by atoms with Gasteiger partial charge in [-0.05, 0) is 24.6 Å². The summed E-state index contributed by atoms with van der Waals surface area (Å²) in [5, 5.41) is 10.8. The molecule has 0 fully saturated rings. The molecule has 1 aliphatic heterocycles. The van der Waals surface area contributed by atoms with Crippen molar-refractivity contribution in [2.75, 3.05) is 0 Å². The number of aryl methyl sites for hydroxylation is 1. The van der Waals surface area contributed by atoms with Gasteiger partial charge in [-0.15, -0.1) is 0 Å². The lowest BCUT2D eigenvalue weighted by Gasteiger charge is -2.01. The third kappa shape index (κ3) is 3.18. The number of non-ortho nitro benzene ring substituents is 1. The molecule has 0 radical (unpaired) electrons. The fourth-order valence-electron chi connectivity index (χ4n) is 2.26. The topological polar surface area (TPSA) is 69.4 Å². The van der Waals surface area contributed by atoms with Crippen LogP contribution in [0.15, 0.2) is 60.2 Å². The standard InChI is InChI=1S/C18H13NO4/c1-12-5-7-14(8-6-12)17-11-15(18(20)23-17)9-13-3-2-4-16(10-13)19(21)22/h2-11H,1H3/b15-9-. The Morgan fingerprint density at radius 2 is 1.87 bits per heavy atom. The van der Waals surface area contributed by atoms with Crippen LogP contribution in [0.2, 0.25) is 0 Å². The zero-order chi connectivity index (χ0) is 16.4. The first-order valence-corrected chi connectivity index (χ1v) is 7.00. The van der Waals surface area contributed by atoms with Gasteiger partial charge in [0.1, 0.15) is 5.76 Å². The molecule has 3 rings (SSSR count). The van der Waals surface area contributed by atoms with Gasteiger partial charge in [-0.3, -0.25) is 10.1 Å². The summed E-state index contributed by atoms with van der Waals surface area (Å²) in [5.41, 5.74) is 2.85. The maximum atomic E-state index is 12.0.